The van der Waals surface area contributed by atoms with Crippen molar-refractivity contribution in [2.45, 2.75) is 46.3 Å². The second-order valence-electron chi connectivity index (χ2n) is 5.83. The highest BCUT2D eigenvalue weighted by atomic mass is 16.5. The highest BCUT2D eigenvalue weighted by Gasteiger charge is 2.11. The largest absolute Gasteiger partial charge is 0.489 e. The van der Waals surface area contributed by atoms with Crippen molar-refractivity contribution in [3.8, 4) is 5.75 Å². The lowest BCUT2D eigenvalue weighted by molar-refractivity contribution is 0.213. The van der Waals surface area contributed by atoms with Gasteiger partial charge in [0.1, 0.15) is 17.6 Å². The van der Waals surface area contributed by atoms with Gasteiger partial charge in [0, 0.05) is 6.54 Å². The molecule has 0 aliphatic carbocycles. The van der Waals surface area contributed by atoms with Crippen LogP contribution in [0.15, 0.2) is 41.0 Å². The van der Waals surface area contributed by atoms with Crippen LogP contribution < -0.4 is 10.1 Å². The van der Waals surface area contributed by atoms with Crippen LogP contribution in [-0.2, 0) is 6.54 Å². The number of benzene rings is 1. The van der Waals surface area contributed by atoms with Crippen molar-refractivity contribution < 1.29 is 9.15 Å². The summed E-state index contributed by atoms with van der Waals surface area (Å²) in [6, 6.07) is 10.3. The van der Waals surface area contributed by atoms with Gasteiger partial charge in [-0.1, -0.05) is 26.0 Å². The summed E-state index contributed by atoms with van der Waals surface area (Å²) in [5.74, 6) is 2.40. The van der Waals surface area contributed by atoms with Gasteiger partial charge in [-0.05, 0) is 49.1 Å². The van der Waals surface area contributed by atoms with Crippen LogP contribution in [-0.4, -0.2) is 12.6 Å². The van der Waals surface area contributed by atoms with E-state index in [2.05, 4.69) is 51.2 Å². The zero-order chi connectivity index (χ0) is 15.2. The Kier molecular flexibility index (Phi) is 5.45. The molecule has 0 amide bonds. The van der Waals surface area contributed by atoms with E-state index in [1.807, 2.05) is 12.1 Å². The van der Waals surface area contributed by atoms with Gasteiger partial charge in [0.2, 0.25) is 0 Å². The molecule has 0 spiro atoms. The molecule has 21 heavy (non-hydrogen) atoms. The minimum absolute atomic E-state index is 0.110. The summed E-state index contributed by atoms with van der Waals surface area (Å²) in [6.07, 6.45) is 1.80. The van der Waals surface area contributed by atoms with Crippen molar-refractivity contribution in [3.63, 3.8) is 0 Å². The summed E-state index contributed by atoms with van der Waals surface area (Å²) in [5, 5.41) is 3.35. The third kappa shape index (κ3) is 4.64. The van der Waals surface area contributed by atoms with Gasteiger partial charge in [0.05, 0.1) is 12.8 Å². The van der Waals surface area contributed by atoms with Gasteiger partial charge in [0.25, 0.3) is 0 Å². The first-order valence-corrected chi connectivity index (χ1v) is 7.56. The number of ether oxygens (including phenoxy) is 1. The lowest BCUT2D eigenvalue weighted by atomic mass is 10.0. The minimum Gasteiger partial charge on any atom is -0.489 e. The maximum atomic E-state index is 6.11. The van der Waals surface area contributed by atoms with Gasteiger partial charge < -0.3 is 14.5 Å². The molecule has 1 aromatic heterocycles. The van der Waals surface area contributed by atoms with E-state index in [4.69, 9.17) is 9.15 Å². The van der Waals surface area contributed by atoms with Gasteiger partial charge in [-0.2, -0.15) is 0 Å². The van der Waals surface area contributed by atoms with Gasteiger partial charge in [0.15, 0.2) is 0 Å². The molecule has 0 fully saturated rings. The lowest BCUT2D eigenvalue weighted by Gasteiger charge is -2.20. The molecular weight excluding hydrogens is 262 g/mol. The number of rotatable bonds is 7. The lowest BCUT2D eigenvalue weighted by Crippen LogP contribution is -2.28. The van der Waals surface area contributed by atoms with Crippen LogP contribution in [0.2, 0.25) is 0 Å². The first kappa shape index (κ1) is 15.6. The van der Waals surface area contributed by atoms with Crippen LogP contribution in [0.3, 0.4) is 0 Å². The Morgan fingerprint density at radius 2 is 2.00 bits per heavy atom. The summed E-state index contributed by atoms with van der Waals surface area (Å²) < 4.78 is 11.4. The Morgan fingerprint density at radius 3 is 2.67 bits per heavy atom. The van der Waals surface area contributed by atoms with Crippen LogP contribution >= 0.6 is 0 Å². The third-order valence-corrected chi connectivity index (χ3v) is 3.43. The fourth-order valence-corrected chi connectivity index (χ4v) is 2.29. The van der Waals surface area contributed by atoms with E-state index in [9.17, 15) is 0 Å². The average Bonchev–Trinajstić information content (AvgIpc) is 2.91. The number of hydrogen-bond acceptors (Lipinski definition) is 3. The van der Waals surface area contributed by atoms with Crippen LogP contribution in [0.25, 0.3) is 0 Å². The summed E-state index contributed by atoms with van der Waals surface area (Å²) >= 11 is 0. The second kappa shape index (κ2) is 7.32. The SMILES string of the molecule is Cc1ccc(C(C)C)c(OC(C)CNCc2ccco2)c1. The summed E-state index contributed by atoms with van der Waals surface area (Å²) in [5.41, 5.74) is 2.49. The molecule has 1 unspecified atom stereocenters. The maximum absolute atomic E-state index is 6.11. The molecule has 1 heterocycles. The molecule has 0 aliphatic rings. The smallest absolute Gasteiger partial charge is 0.123 e. The quantitative estimate of drug-likeness (QED) is 0.826. The molecule has 1 atom stereocenters. The molecule has 1 N–H and O–H groups in total. The molecule has 0 saturated heterocycles. The van der Waals surface area contributed by atoms with Crippen molar-refractivity contribution in [3.05, 3.63) is 53.5 Å². The molecule has 2 rings (SSSR count). The highest BCUT2D eigenvalue weighted by Crippen LogP contribution is 2.28. The average molecular weight is 287 g/mol. The Balaban J connectivity index is 1.89. The fraction of sp³-hybridized carbons (Fsp3) is 0.444. The molecule has 2 aromatic rings. The number of furan rings is 1. The molecule has 3 heteroatoms. The maximum Gasteiger partial charge on any atom is 0.123 e. The molecule has 0 radical (unpaired) electrons. The zero-order valence-corrected chi connectivity index (χ0v) is 13.3. The molecule has 3 nitrogen and oxygen atoms in total. The van der Waals surface area contributed by atoms with E-state index < -0.39 is 0 Å². The Bertz CT molecular complexity index is 546. The van der Waals surface area contributed by atoms with Crippen molar-refractivity contribution in [2.75, 3.05) is 6.54 Å². The van der Waals surface area contributed by atoms with Gasteiger partial charge in [-0.15, -0.1) is 0 Å². The summed E-state index contributed by atoms with van der Waals surface area (Å²) in [4.78, 5) is 0. The van der Waals surface area contributed by atoms with Crippen molar-refractivity contribution >= 4 is 0 Å². The van der Waals surface area contributed by atoms with E-state index in [0.717, 1.165) is 24.6 Å². The topological polar surface area (TPSA) is 34.4 Å². The minimum atomic E-state index is 0.110. The van der Waals surface area contributed by atoms with E-state index in [1.165, 1.54) is 11.1 Å². The number of aryl methyl sites for hydroxylation is 1. The van der Waals surface area contributed by atoms with Crippen molar-refractivity contribution in [2.24, 2.45) is 0 Å². The summed E-state index contributed by atoms with van der Waals surface area (Å²) in [7, 11) is 0. The Labute approximate surface area is 127 Å². The van der Waals surface area contributed by atoms with Crippen molar-refractivity contribution in [1.29, 1.82) is 0 Å². The normalized spacial score (nSPS) is 12.6. The van der Waals surface area contributed by atoms with Gasteiger partial charge in [-0.25, -0.2) is 0 Å². The number of nitrogens with one attached hydrogen (secondary N) is 1. The van der Waals surface area contributed by atoms with Crippen LogP contribution in [0, 0.1) is 6.92 Å². The van der Waals surface area contributed by atoms with Crippen LogP contribution in [0.1, 0.15) is 43.6 Å². The predicted octanol–water partition coefficient (Wildman–Crippen LogP) is 4.27. The fourth-order valence-electron chi connectivity index (χ4n) is 2.29. The first-order chi connectivity index (χ1) is 10.1. The molecule has 0 bridgehead atoms. The molecule has 1 aromatic carbocycles. The van der Waals surface area contributed by atoms with Crippen LogP contribution in [0.4, 0.5) is 0 Å². The molecular formula is C18H25NO2. The third-order valence-electron chi connectivity index (χ3n) is 3.43. The van der Waals surface area contributed by atoms with E-state index in [-0.39, 0.29) is 6.10 Å². The number of hydrogen-bond donors (Lipinski definition) is 1. The Morgan fingerprint density at radius 1 is 1.19 bits per heavy atom. The highest BCUT2D eigenvalue weighted by molar-refractivity contribution is 5.39. The monoisotopic (exact) mass is 287 g/mol. The van der Waals surface area contributed by atoms with E-state index in [1.54, 1.807) is 6.26 Å². The second-order valence-corrected chi connectivity index (χ2v) is 5.83. The standard InChI is InChI=1S/C18H25NO2/c1-13(2)17-8-7-14(3)10-18(17)21-15(4)11-19-12-16-6-5-9-20-16/h5-10,13,15,19H,11-12H2,1-4H3. The Hall–Kier alpha value is -1.74. The molecule has 114 valence electrons. The van der Waals surface area contributed by atoms with Crippen molar-refractivity contribution in [1.82, 2.24) is 5.32 Å². The van der Waals surface area contributed by atoms with Gasteiger partial charge in [-0.3, -0.25) is 0 Å². The van der Waals surface area contributed by atoms with Gasteiger partial charge >= 0.3 is 0 Å². The first-order valence-electron chi connectivity index (χ1n) is 7.56. The van der Waals surface area contributed by atoms with Crippen LogP contribution in [0.5, 0.6) is 5.75 Å². The van der Waals surface area contributed by atoms with E-state index >= 15 is 0 Å². The summed E-state index contributed by atoms with van der Waals surface area (Å²) in [6.45, 7) is 10.1. The molecule has 0 aliphatic heterocycles. The molecule has 0 saturated carbocycles. The van der Waals surface area contributed by atoms with E-state index in [0.29, 0.717) is 5.92 Å². The zero-order valence-electron chi connectivity index (χ0n) is 13.3. The predicted molar refractivity (Wildman–Crippen MR) is 85.8 cm³/mol.